The number of rotatable bonds is 2. The van der Waals surface area contributed by atoms with Crippen LogP contribution in [0, 0.1) is 50.7 Å². The van der Waals surface area contributed by atoms with Crippen LogP contribution in [0.2, 0.25) is 0 Å². The number of hydrogen-bond acceptors (Lipinski definition) is 11. The van der Waals surface area contributed by atoms with Gasteiger partial charge in [0.25, 0.3) is 0 Å². The van der Waals surface area contributed by atoms with Gasteiger partial charge in [-0.15, -0.1) is 0 Å². The van der Waals surface area contributed by atoms with E-state index in [0.29, 0.717) is 60.9 Å². The molecule has 97 heavy (non-hydrogen) atoms. The zero-order valence-corrected chi connectivity index (χ0v) is 74.1. The maximum atomic E-state index is 10.5. The van der Waals surface area contributed by atoms with Crippen molar-refractivity contribution in [3.63, 3.8) is 0 Å². The molecular weight excluding hydrogens is 1190 g/mol. The largest absolute Gasteiger partial charge is 0.395 e. The number of nitrogens with zero attached hydrogens (tertiary/aromatic N) is 9. The van der Waals surface area contributed by atoms with E-state index >= 15 is 0 Å². The third-order valence-corrected chi connectivity index (χ3v) is 24.1. The summed E-state index contributed by atoms with van der Waals surface area (Å²) in [6.45, 7) is 115. The summed E-state index contributed by atoms with van der Waals surface area (Å²) in [5.41, 5.74) is 4.00. The summed E-state index contributed by atoms with van der Waals surface area (Å²) in [4.78, 5) is 22.9. The van der Waals surface area contributed by atoms with E-state index in [1.807, 2.05) is 0 Å². The van der Waals surface area contributed by atoms with Gasteiger partial charge >= 0.3 is 0 Å². The molecule has 3 unspecified atom stereocenters. The van der Waals surface area contributed by atoms with Crippen LogP contribution >= 0.6 is 0 Å². The Morgan fingerprint density at radius 1 is 0.299 bits per heavy atom. The predicted molar refractivity (Wildman–Crippen MR) is 432 cm³/mol. The van der Waals surface area contributed by atoms with Gasteiger partial charge in [0.2, 0.25) is 0 Å². The quantitative estimate of drug-likeness (QED) is 0.278. The summed E-state index contributed by atoms with van der Waals surface area (Å²) in [6, 6.07) is 0.882. The minimum absolute atomic E-state index is 0.00999. The highest BCUT2D eigenvalue weighted by Crippen LogP contribution is 2.42. The standard InChI is InChI=1S/C13H28N2O.2C13H27N.C12H26N2.C12H25NO.C12H25N.C11H23N/c1-12(2,3)14-7-8-15(13(4,5)6)11(9-14)10-16;1-12(2,3)11-7-9-14(10-8-11)13(4,5)6;1-12(2,3)11-8-7-9-14(10-11)13(4,5)6;1-11(2,3)13-7-9-14(10-8-13)12(4,5)6;1-10(2)13-8-6-12(14,7-9-13)11(3,4)5;1-11(2,3)10-7-8-13(9-10)12(4,5)6;1-10(2,3)9-7-12(8-9)11(4,5)6/h11,16H,7-10H2,1-6H3;2*11H,7-10H2,1-6H3;7-10H2,1-6H3;10,14H,6-9H2,1-5H3;10H,7-9H2,1-6H3;9H,7-8H2,1-6H3. The normalized spacial score (nSPS) is 24.6. The molecule has 2 N–H and O–H groups in total. The third kappa shape index (κ3) is 33.3. The lowest BCUT2D eigenvalue weighted by atomic mass is 9.71. The minimum atomic E-state index is -0.460. The average molecular weight is 1370 g/mol. The summed E-state index contributed by atoms with van der Waals surface area (Å²) >= 11 is 0. The van der Waals surface area contributed by atoms with E-state index in [-0.39, 0.29) is 29.1 Å². The van der Waals surface area contributed by atoms with Gasteiger partial charge in [0, 0.05) is 141 Å². The van der Waals surface area contributed by atoms with Crippen molar-refractivity contribution >= 4 is 0 Å². The van der Waals surface area contributed by atoms with Crippen LogP contribution in [0.1, 0.15) is 329 Å². The molecule has 0 radical (unpaired) electrons. The van der Waals surface area contributed by atoms with E-state index < -0.39 is 5.60 Å². The highest BCUT2D eigenvalue weighted by Gasteiger charge is 2.44. The SMILES string of the molecule is CC(C)(C)C1CCCN(C(C)(C)C)C1.CC(C)(C)C1CCN(C(C)(C)C)C1.CC(C)(C)C1CCN(C(C)(C)C)CC1.CC(C)(C)C1CN(C(C)(C)C)C1.CC(C)(C)N1CCN(C(C)(C)C)C(CO)C1.CC(C)(C)N1CCN(C(C)(C)C)CC1.CC(C)N1CCC(O)(C(C)(C)C)CC1. The zero-order chi connectivity index (χ0) is 76.3. The van der Waals surface area contributed by atoms with E-state index in [0.717, 1.165) is 69.2 Å². The molecule has 11 nitrogen and oxygen atoms in total. The lowest BCUT2D eigenvalue weighted by Crippen LogP contribution is -2.63. The first-order valence-corrected chi connectivity index (χ1v) is 40.1. The topological polar surface area (TPSA) is 69.6 Å². The van der Waals surface area contributed by atoms with Gasteiger partial charge in [-0.2, -0.15) is 0 Å². The molecular formula is C86H181N9O2. The van der Waals surface area contributed by atoms with E-state index in [2.05, 4.69) is 328 Å². The van der Waals surface area contributed by atoms with Crippen LogP contribution in [0.3, 0.4) is 0 Å². The minimum Gasteiger partial charge on any atom is -0.395 e. The number of piperidine rings is 3. The molecule has 0 bridgehead atoms. The molecule has 0 saturated carbocycles. The smallest absolute Gasteiger partial charge is 0.0720 e. The van der Waals surface area contributed by atoms with Crippen LogP contribution < -0.4 is 0 Å². The molecule has 7 saturated heterocycles. The van der Waals surface area contributed by atoms with Crippen LogP contribution in [0.25, 0.3) is 0 Å². The lowest BCUT2D eigenvalue weighted by Gasteiger charge is -2.52. The summed E-state index contributed by atoms with van der Waals surface area (Å²) < 4.78 is 0. The van der Waals surface area contributed by atoms with Gasteiger partial charge in [-0.05, 0) is 302 Å². The maximum Gasteiger partial charge on any atom is 0.0720 e. The Balaban J connectivity index is 0.000000567. The average Bonchev–Trinajstić information content (AvgIpc) is 1.60. The molecule has 582 valence electrons. The molecule has 0 aromatic heterocycles. The van der Waals surface area contributed by atoms with E-state index in [1.54, 1.807) is 0 Å². The molecule has 0 aliphatic carbocycles. The Morgan fingerprint density at radius 3 is 0.856 bits per heavy atom. The van der Waals surface area contributed by atoms with Crippen molar-refractivity contribution in [2.45, 2.75) is 391 Å². The molecule has 11 heteroatoms. The van der Waals surface area contributed by atoms with Crippen LogP contribution in [0.4, 0.5) is 0 Å². The Hall–Kier alpha value is -0.440. The fourth-order valence-electron chi connectivity index (χ4n) is 15.1. The number of aliphatic hydroxyl groups excluding tert-OH is 1. The number of hydrogen-bond donors (Lipinski definition) is 2. The lowest BCUT2D eigenvalue weighted by molar-refractivity contribution is -0.102. The molecule has 3 atom stereocenters. The Labute approximate surface area is 610 Å². The second kappa shape index (κ2) is 36.2. The first-order chi connectivity index (χ1) is 43.0. The molecule has 7 rings (SSSR count). The van der Waals surface area contributed by atoms with Crippen molar-refractivity contribution in [2.75, 3.05) is 118 Å². The monoisotopic (exact) mass is 1370 g/mol. The number of likely N-dealkylation sites (tertiary alicyclic amines) is 5. The van der Waals surface area contributed by atoms with Gasteiger partial charge in [0.1, 0.15) is 0 Å². The molecule has 0 spiro atoms. The Bertz CT molecular complexity index is 1990. The Morgan fingerprint density at radius 2 is 0.577 bits per heavy atom. The second-order valence-corrected chi connectivity index (χ2v) is 45.3. The maximum absolute atomic E-state index is 10.5. The molecule has 0 aromatic rings. The van der Waals surface area contributed by atoms with Crippen molar-refractivity contribution in [1.82, 2.24) is 44.1 Å². The molecule has 7 aliphatic heterocycles. The fraction of sp³-hybridized carbons (Fsp3) is 1.00. The van der Waals surface area contributed by atoms with Crippen LogP contribution in [0.5, 0.6) is 0 Å². The molecule has 0 amide bonds. The van der Waals surface area contributed by atoms with Crippen molar-refractivity contribution in [3.05, 3.63) is 0 Å². The van der Waals surface area contributed by atoms with E-state index in [4.69, 9.17) is 0 Å². The van der Waals surface area contributed by atoms with Crippen molar-refractivity contribution in [3.8, 4) is 0 Å². The second-order valence-electron chi connectivity index (χ2n) is 45.3. The van der Waals surface area contributed by atoms with Gasteiger partial charge in [-0.1, -0.05) is 104 Å². The molecule has 7 aliphatic rings. The van der Waals surface area contributed by atoms with Gasteiger partial charge in [-0.25, -0.2) is 0 Å². The first kappa shape index (κ1) is 94.6. The highest BCUT2D eigenvalue weighted by molar-refractivity contribution is 4.98. The summed E-state index contributed by atoms with van der Waals surface area (Å²) in [5, 5.41) is 20.0. The van der Waals surface area contributed by atoms with Gasteiger partial charge in [0.05, 0.1) is 12.2 Å². The summed E-state index contributed by atoms with van der Waals surface area (Å²) in [7, 11) is 0. The fourth-order valence-corrected chi connectivity index (χ4v) is 15.1. The van der Waals surface area contributed by atoms with E-state index in [1.165, 1.54) is 111 Å². The number of piperazine rings is 2. The summed E-state index contributed by atoms with van der Waals surface area (Å²) in [6.07, 6.45) is 8.74. The van der Waals surface area contributed by atoms with Crippen molar-refractivity contribution in [1.29, 1.82) is 0 Å². The van der Waals surface area contributed by atoms with Gasteiger partial charge < -0.3 is 15.1 Å². The highest BCUT2D eigenvalue weighted by atomic mass is 16.3. The van der Waals surface area contributed by atoms with Gasteiger partial charge in [0.15, 0.2) is 0 Å². The molecule has 7 fully saturated rings. The first-order valence-electron chi connectivity index (χ1n) is 40.1. The predicted octanol–water partition coefficient (Wildman–Crippen LogP) is 19.0. The molecule has 7 heterocycles. The Kier molecular flexibility index (Phi) is 35.3. The van der Waals surface area contributed by atoms with Gasteiger partial charge in [-0.3, -0.25) is 39.2 Å². The third-order valence-electron chi connectivity index (χ3n) is 24.1. The van der Waals surface area contributed by atoms with E-state index in [9.17, 15) is 10.2 Å². The zero-order valence-electron chi connectivity index (χ0n) is 74.1. The van der Waals surface area contributed by atoms with Crippen molar-refractivity contribution in [2.24, 2.45) is 50.7 Å². The summed E-state index contributed by atoms with van der Waals surface area (Å²) in [5.74, 6) is 3.57. The van der Waals surface area contributed by atoms with Crippen LogP contribution in [-0.2, 0) is 0 Å². The number of aliphatic hydroxyl groups is 2. The van der Waals surface area contributed by atoms with Crippen LogP contribution in [-0.4, -0.2) is 234 Å². The van der Waals surface area contributed by atoms with Crippen molar-refractivity contribution < 1.29 is 10.2 Å². The van der Waals surface area contributed by atoms with Crippen LogP contribution in [0.15, 0.2) is 0 Å². The molecule has 0 aromatic carbocycles.